The highest BCUT2D eigenvalue weighted by Crippen LogP contribution is 2.41. The largest absolute Gasteiger partial charge is 0.532 e. The number of nitrogens with one attached hydrogen (secondary N) is 1. The van der Waals surface area contributed by atoms with Crippen LogP contribution in [-0.4, -0.2) is 18.0 Å². The maximum atomic E-state index is 12.6. The molecule has 1 aromatic carbocycles. The molecule has 28 heavy (non-hydrogen) atoms. The molecule has 1 aromatic rings. The Morgan fingerprint density at radius 1 is 1.25 bits per heavy atom. The van der Waals surface area contributed by atoms with Crippen LogP contribution in [0.2, 0.25) is 0 Å². The van der Waals surface area contributed by atoms with Gasteiger partial charge in [-0.2, -0.15) is 9.69 Å². The van der Waals surface area contributed by atoms with E-state index in [9.17, 15) is 4.79 Å². The van der Waals surface area contributed by atoms with Crippen LogP contribution in [0.4, 0.5) is 5.69 Å². The molecule has 1 amide bonds. The Bertz CT molecular complexity index is 1040. The van der Waals surface area contributed by atoms with Crippen LogP contribution in [0.25, 0.3) is 20.1 Å². The zero-order chi connectivity index (χ0) is 20.6. The average Bonchev–Trinajstić information content (AvgIpc) is 3.08. The number of hydrogen-bond acceptors (Lipinski definition) is 2. The number of benzene rings is 1. The lowest BCUT2D eigenvalue weighted by atomic mass is 9.96. The molecule has 0 spiro atoms. The third-order valence-corrected chi connectivity index (χ3v) is 5.05. The highest BCUT2D eigenvalue weighted by Gasteiger charge is 2.38. The molecule has 140 valence electrons. The summed E-state index contributed by atoms with van der Waals surface area (Å²) < 4.78 is 0. The summed E-state index contributed by atoms with van der Waals surface area (Å²) >= 11 is 0. The van der Waals surface area contributed by atoms with Gasteiger partial charge >= 0.3 is 5.82 Å². The van der Waals surface area contributed by atoms with E-state index in [4.69, 9.17) is 19.7 Å². The molecule has 0 aromatic heterocycles. The van der Waals surface area contributed by atoms with Crippen molar-refractivity contribution in [3.8, 4) is 0 Å². The Kier molecular flexibility index (Phi) is 4.72. The van der Waals surface area contributed by atoms with Gasteiger partial charge in [0.2, 0.25) is 11.6 Å². The fourth-order valence-corrected chi connectivity index (χ4v) is 3.89. The van der Waals surface area contributed by atoms with Gasteiger partial charge in [0.15, 0.2) is 0 Å². The van der Waals surface area contributed by atoms with Gasteiger partial charge in [0.05, 0.1) is 12.1 Å². The van der Waals surface area contributed by atoms with Crippen LogP contribution in [0.1, 0.15) is 38.8 Å². The second kappa shape index (κ2) is 6.87. The highest BCUT2D eigenvalue weighted by molar-refractivity contribution is 6.25. The number of anilines is 1. The van der Waals surface area contributed by atoms with E-state index >= 15 is 0 Å². The summed E-state index contributed by atoms with van der Waals surface area (Å²) in [6, 6.07) is 5.83. The number of hydrogen-bond donors (Lipinski definition) is 1. The number of carbonyl (C=O) groups is 1. The van der Waals surface area contributed by atoms with Crippen LogP contribution in [-0.2, 0) is 11.2 Å². The Labute approximate surface area is 165 Å². The summed E-state index contributed by atoms with van der Waals surface area (Å²) in [4.78, 5) is 24.7. The van der Waals surface area contributed by atoms with Crippen molar-refractivity contribution < 1.29 is 4.79 Å². The number of carbonyl (C=O) groups excluding carboxylic acids is 1. The van der Waals surface area contributed by atoms with E-state index in [1.165, 1.54) is 0 Å². The molecule has 0 bridgehead atoms. The number of nitrogens with zero attached hydrogens (tertiary/aromatic N) is 4. The number of fused-ring (bicyclic) bond motifs is 1. The molecule has 2 aliphatic heterocycles. The molecule has 6 heteroatoms. The lowest BCUT2D eigenvalue weighted by Gasteiger charge is -2.35. The maximum absolute atomic E-state index is 12.6. The summed E-state index contributed by atoms with van der Waals surface area (Å²) in [5.74, 6) is -0.211. The minimum absolute atomic E-state index is 0.0160. The summed E-state index contributed by atoms with van der Waals surface area (Å²) in [7, 11) is 0. The predicted molar refractivity (Wildman–Crippen MR) is 108 cm³/mol. The molecular formula is C22H21N5O. The smallest absolute Gasteiger partial charge is 0.366 e. The van der Waals surface area contributed by atoms with Crippen molar-refractivity contribution in [2.45, 2.75) is 39.7 Å². The topological polar surface area (TPSA) is 45.4 Å². The fraction of sp³-hybridized carbons (Fsp3) is 0.364. The Hall–Kier alpha value is -3.56. The number of amides is 1. The summed E-state index contributed by atoms with van der Waals surface area (Å²) in [5.41, 5.74) is 3.22. The minimum Gasteiger partial charge on any atom is -0.366 e. The van der Waals surface area contributed by atoms with Gasteiger partial charge in [-0.1, -0.05) is 26.0 Å². The maximum Gasteiger partial charge on any atom is 0.532 e. The SMILES string of the molecule is [C-]#[N+]C([N+]#[C-])=C1NC(=O)C(c2ccc3c(c2)CC(C)(C)N3CC(C)C)=C1[N+]#[C-]. The molecule has 0 aliphatic carbocycles. The van der Waals surface area contributed by atoms with Crippen LogP contribution < -0.4 is 10.2 Å². The zero-order valence-electron chi connectivity index (χ0n) is 16.4. The van der Waals surface area contributed by atoms with Crippen LogP contribution in [0, 0.1) is 25.6 Å². The van der Waals surface area contributed by atoms with Crippen LogP contribution in [0.3, 0.4) is 0 Å². The van der Waals surface area contributed by atoms with E-state index in [0.29, 0.717) is 11.5 Å². The van der Waals surface area contributed by atoms with Gasteiger partial charge in [0, 0.05) is 17.8 Å². The Balaban J connectivity index is 2.13. The molecule has 0 radical (unpaired) electrons. The molecular weight excluding hydrogens is 350 g/mol. The van der Waals surface area contributed by atoms with Crippen molar-refractivity contribution in [1.82, 2.24) is 5.32 Å². The Morgan fingerprint density at radius 3 is 2.50 bits per heavy atom. The van der Waals surface area contributed by atoms with E-state index < -0.39 is 5.91 Å². The van der Waals surface area contributed by atoms with Crippen molar-refractivity contribution >= 4 is 17.2 Å². The van der Waals surface area contributed by atoms with E-state index in [2.05, 4.69) is 52.4 Å². The van der Waals surface area contributed by atoms with E-state index in [1.807, 2.05) is 18.2 Å². The van der Waals surface area contributed by atoms with Gasteiger partial charge in [0.25, 0.3) is 0 Å². The summed E-state index contributed by atoms with van der Waals surface area (Å²) in [5, 5.41) is 2.54. The summed E-state index contributed by atoms with van der Waals surface area (Å²) in [6.45, 7) is 31.5. The monoisotopic (exact) mass is 371 g/mol. The van der Waals surface area contributed by atoms with Crippen molar-refractivity contribution in [2.24, 2.45) is 5.92 Å². The van der Waals surface area contributed by atoms with Crippen LogP contribution >= 0.6 is 0 Å². The second-order valence-corrected chi connectivity index (χ2v) is 8.05. The van der Waals surface area contributed by atoms with E-state index in [0.717, 1.165) is 24.2 Å². The summed E-state index contributed by atoms with van der Waals surface area (Å²) in [6.07, 6.45) is 0.850. The fourth-order valence-electron chi connectivity index (χ4n) is 3.89. The van der Waals surface area contributed by atoms with E-state index in [1.54, 1.807) is 0 Å². The molecule has 6 nitrogen and oxygen atoms in total. The molecule has 0 fully saturated rings. The molecule has 2 aliphatic rings. The van der Waals surface area contributed by atoms with Gasteiger partial charge in [-0.05, 0) is 43.4 Å². The zero-order valence-corrected chi connectivity index (χ0v) is 16.4. The van der Waals surface area contributed by atoms with Gasteiger partial charge in [-0.25, -0.2) is 4.85 Å². The lowest BCUT2D eigenvalue weighted by molar-refractivity contribution is -0.114. The standard InChI is InChI=1S/C22H21N5O/c1-13(2)12-27-16-9-8-14(10-15(16)11-22(27,3)4)17-18(23-5)19(26-21(17)28)20(24-6)25-7/h8-10,13H,11-12H2,1-4H3,(H,26,28). The van der Waals surface area contributed by atoms with Crippen molar-refractivity contribution in [1.29, 1.82) is 0 Å². The Morgan fingerprint density at radius 2 is 1.93 bits per heavy atom. The van der Waals surface area contributed by atoms with Gasteiger partial charge < -0.3 is 10.2 Å². The molecule has 3 rings (SSSR count). The second-order valence-electron chi connectivity index (χ2n) is 8.05. The average molecular weight is 371 g/mol. The first-order valence-electron chi connectivity index (χ1n) is 9.07. The predicted octanol–water partition coefficient (Wildman–Crippen LogP) is 4.25. The normalized spacial score (nSPS) is 17.1. The molecule has 0 atom stereocenters. The molecule has 2 heterocycles. The van der Waals surface area contributed by atoms with Gasteiger partial charge in [-0.15, -0.1) is 0 Å². The van der Waals surface area contributed by atoms with Gasteiger partial charge in [0.1, 0.15) is 18.8 Å². The number of rotatable bonds is 3. The van der Waals surface area contributed by atoms with E-state index in [-0.39, 0.29) is 28.3 Å². The first-order valence-corrected chi connectivity index (χ1v) is 9.07. The first kappa shape index (κ1) is 19.2. The van der Waals surface area contributed by atoms with Crippen molar-refractivity contribution in [3.63, 3.8) is 0 Å². The quantitative estimate of drug-likeness (QED) is 0.808. The lowest BCUT2D eigenvalue weighted by Crippen LogP contribution is -2.43. The third-order valence-electron chi connectivity index (χ3n) is 5.05. The highest BCUT2D eigenvalue weighted by atomic mass is 16.2. The van der Waals surface area contributed by atoms with Crippen LogP contribution in [0.5, 0.6) is 0 Å². The molecule has 0 unspecified atom stereocenters. The molecule has 0 saturated carbocycles. The van der Waals surface area contributed by atoms with Crippen molar-refractivity contribution in [3.05, 3.63) is 80.8 Å². The minimum atomic E-state index is -0.443. The first-order chi connectivity index (χ1) is 13.2. The molecule has 1 N–H and O–H groups in total. The van der Waals surface area contributed by atoms with Gasteiger partial charge in [-0.3, -0.25) is 4.79 Å². The van der Waals surface area contributed by atoms with Crippen molar-refractivity contribution in [2.75, 3.05) is 11.4 Å². The molecule has 0 saturated heterocycles. The van der Waals surface area contributed by atoms with Crippen LogP contribution in [0.15, 0.2) is 35.4 Å². The third kappa shape index (κ3) is 3.02.